The standard InChI is InChI=1S/C25H35N5O5S.C2HF3O2/c1-4-12-27-24(31)18-29(3)25(32)19-6-11-23(30-15-13-26-14-16-30)22(17-19)28-36(33,34)21-9-7-20(8-10-21)35-5-2;3-2(4,5)1(6)7/h6-11,17,26,28H,4-5,12-16,18H2,1-3H3,(H,27,31);(H,6,7). The summed E-state index contributed by atoms with van der Waals surface area (Å²) in [6.07, 6.45) is -4.28. The number of hydrogen-bond donors (Lipinski definition) is 4. The number of carbonyl (C=O) groups is 3. The SMILES string of the molecule is CCCNC(=O)CN(C)C(=O)c1ccc(N2CCNCC2)c(NS(=O)(=O)c2ccc(OCC)cc2)c1.O=C(O)C(F)(F)F. The number of carbonyl (C=O) groups excluding carboxylic acids is 2. The first-order chi connectivity index (χ1) is 20.2. The van der Waals surface area contributed by atoms with Crippen molar-refractivity contribution in [3.05, 3.63) is 48.0 Å². The summed E-state index contributed by atoms with van der Waals surface area (Å²) in [5.74, 6) is -2.80. The summed E-state index contributed by atoms with van der Waals surface area (Å²) >= 11 is 0. The number of amides is 2. The van der Waals surface area contributed by atoms with Crippen LogP contribution < -0.4 is 25.0 Å². The van der Waals surface area contributed by atoms with E-state index in [1.165, 1.54) is 23.1 Å². The fourth-order valence-electron chi connectivity index (χ4n) is 3.85. The van der Waals surface area contributed by atoms with Crippen LogP contribution in [0.4, 0.5) is 24.5 Å². The number of anilines is 2. The van der Waals surface area contributed by atoms with Crippen molar-refractivity contribution in [3.8, 4) is 5.75 Å². The molecule has 0 unspecified atom stereocenters. The van der Waals surface area contributed by atoms with E-state index in [4.69, 9.17) is 14.6 Å². The number of nitrogens with one attached hydrogen (secondary N) is 3. The zero-order valence-corrected chi connectivity index (χ0v) is 24.8. The number of carboxylic acids is 1. The number of carboxylic acid groups (broad SMARTS) is 1. The maximum atomic E-state index is 13.2. The smallest absolute Gasteiger partial charge is 0.490 e. The van der Waals surface area contributed by atoms with Crippen LogP contribution in [0.2, 0.25) is 0 Å². The van der Waals surface area contributed by atoms with Gasteiger partial charge in [0.15, 0.2) is 0 Å². The highest BCUT2D eigenvalue weighted by atomic mass is 32.2. The Labute approximate surface area is 248 Å². The summed E-state index contributed by atoms with van der Waals surface area (Å²) in [4.78, 5) is 37.5. The van der Waals surface area contributed by atoms with Gasteiger partial charge in [0.05, 0.1) is 29.4 Å². The molecule has 1 fully saturated rings. The van der Waals surface area contributed by atoms with Gasteiger partial charge < -0.3 is 30.3 Å². The molecular weight excluding hydrogens is 595 g/mol. The van der Waals surface area contributed by atoms with Crippen LogP contribution >= 0.6 is 0 Å². The largest absolute Gasteiger partial charge is 0.494 e. The van der Waals surface area contributed by atoms with Gasteiger partial charge in [0.1, 0.15) is 5.75 Å². The molecule has 1 aliphatic heterocycles. The molecule has 1 saturated heterocycles. The van der Waals surface area contributed by atoms with Gasteiger partial charge in [-0.2, -0.15) is 13.2 Å². The number of ether oxygens (including phenoxy) is 1. The van der Waals surface area contributed by atoms with Gasteiger partial charge in [0.2, 0.25) is 5.91 Å². The van der Waals surface area contributed by atoms with Crippen LogP contribution in [-0.2, 0) is 19.6 Å². The highest BCUT2D eigenvalue weighted by molar-refractivity contribution is 7.92. The van der Waals surface area contributed by atoms with Crippen molar-refractivity contribution in [2.24, 2.45) is 0 Å². The summed E-state index contributed by atoms with van der Waals surface area (Å²) in [5.41, 5.74) is 1.27. The monoisotopic (exact) mass is 631 g/mol. The quantitative estimate of drug-likeness (QED) is 0.293. The van der Waals surface area contributed by atoms with Gasteiger partial charge >= 0.3 is 12.1 Å². The van der Waals surface area contributed by atoms with Crippen molar-refractivity contribution in [1.82, 2.24) is 15.5 Å². The third-order valence-corrected chi connectivity index (χ3v) is 7.31. The molecule has 1 aliphatic rings. The number of nitrogens with zero attached hydrogens (tertiary/aromatic N) is 2. The zero-order chi connectivity index (χ0) is 32.2. The van der Waals surface area contributed by atoms with Crippen molar-refractivity contribution in [3.63, 3.8) is 0 Å². The number of hydrogen-bond acceptors (Lipinski definition) is 8. The molecule has 0 atom stereocenters. The van der Waals surface area contributed by atoms with E-state index >= 15 is 0 Å². The first-order valence-electron chi connectivity index (χ1n) is 13.4. The second-order valence-corrected chi connectivity index (χ2v) is 11.0. The van der Waals surface area contributed by atoms with Crippen LogP contribution in [-0.4, -0.2) is 95.3 Å². The Kier molecular flexibility index (Phi) is 13.1. The number of rotatable bonds is 11. The van der Waals surface area contributed by atoms with Crippen LogP contribution in [0.15, 0.2) is 47.4 Å². The molecule has 0 saturated carbocycles. The molecule has 2 amide bonds. The summed E-state index contributed by atoms with van der Waals surface area (Å²) in [6.45, 7) is 7.66. The summed E-state index contributed by atoms with van der Waals surface area (Å²) in [5, 5.41) is 13.2. The minimum atomic E-state index is -5.08. The topological polar surface area (TPSA) is 157 Å². The van der Waals surface area contributed by atoms with Crippen LogP contribution in [0, 0.1) is 0 Å². The van der Waals surface area contributed by atoms with Crippen molar-refractivity contribution >= 4 is 39.2 Å². The fourth-order valence-corrected chi connectivity index (χ4v) is 4.91. The summed E-state index contributed by atoms with van der Waals surface area (Å²) < 4.78 is 66.3. The van der Waals surface area contributed by atoms with E-state index < -0.39 is 22.2 Å². The van der Waals surface area contributed by atoms with Gasteiger partial charge in [-0.05, 0) is 55.8 Å². The third-order valence-electron chi connectivity index (χ3n) is 5.93. The predicted molar refractivity (Wildman–Crippen MR) is 154 cm³/mol. The Morgan fingerprint density at radius 2 is 1.67 bits per heavy atom. The van der Waals surface area contributed by atoms with Crippen molar-refractivity contribution in [2.45, 2.75) is 31.3 Å². The third kappa shape index (κ3) is 10.9. The van der Waals surface area contributed by atoms with Crippen LogP contribution in [0.1, 0.15) is 30.6 Å². The van der Waals surface area contributed by atoms with Gasteiger partial charge in [-0.3, -0.25) is 14.3 Å². The predicted octanol–water partition coefficient (Wildman–Crippen LogP) is 2.53. The maximum Gasteiger partial charge on any atom is 0.490 e. The number of likely N-dealkylation sites (N-methyl/N-ethyl adjacent to an activating group) is 1. The molecule has 2 aromatic rings. The van der Waals surface area contributed by atoms with E-state index in [-0.39, 0.29) is 28.8 Å². The number of sulfonamides is 1. The number of halogens is 3. The summed E-state index contributed by atoms with van der Waals surface area (Å²) in [7, 11) is -2.39. The lowest BCUT2D eigenvalue weighted by Gasteiger charge is -2.31. The van der Waals surface area contributed by atoms with Gasteiger partial charge in [0, 0.05) is 45.3 Å². The first-order valence-corrected chi connectivity index (χ1v) is 14.9. The van der Waals surface area contributed by atoms with E-state index in [1.54, 1.807) is 31.3 Å². The number of aliphatic carboxylic acids is 1. The molecule has 1 heterocycles. The molecule has 12 nitrogen and oxygen atoms in total. The van der Waals surface area contributed by atoms with Crippen LogP contribution in [0.25, 0.3) is 0 Å². The number of benzene rings is 2. The van der Waals surface area contributed by atoms with E-state index in [2.05, 4.69) is 20.3 Å². The van der Waals surface area contributed by atoms with Gasteiger partial charge in [-0.1, -0.05) is 6.92 Å². The minimum Gasteiger partial charge on any atom is -0.494 e. The molecular formula is C27H36F3N5O7S. The Hall–Kier alpha value is -4.05. The fraction of sp³-hybridized carbons (Fsp3) is 0.444. The molecule has 0 aliphatic carbocycles. The van der Waals surface area contributed by atoms with Crippen LogP contribution in [0.3, 0.4) is 0 Å². The molecule has 4 N–H and O–H groups in total. The Bertz CT molecular complexity index is 1350. The molecule has 0 bridgehead atoms. The van der Waals surface area contributed by atoms with E-state index in [0.29, 0.717) is 43.4 Å². The number of piperazine rings is 1. The molecule has 238 valence electrons. The average Bonchev–Trinajstić information content (AvgIpc) is 2.96. The normalized spacial score (nSPS) is 13.3. The first kappa shape index (κ1) is 35.1. The molecule has 2 aromatic carbocycles. The van der Waals surface area contributed by atoms with Gasteiger partial charge in [-0.15, -0.1) is 0 Å². The van der Waals surface area contributed by atoms with Crippen molar-refractivity contribution in [1.29, 1.82) is 0 Å². The molecule has 16 heteroatoms. The Balaban J connectivity index is 0.000000821. The zero-order valence-electron chi connectivity index (χ0n) is 24.0. The van der Waals surface area contributed by atoms with E-state index in [0.717, 1.165) is 19.5 Å². The van der Waals surface area contributed by atoms with Gasteiger partial charge in [-0.25, -0.2) is 13.2 Å². The molecule has 0 aromatic heterocycles. The highest BCUT2D eigenvalue weighted by Crippen LogP contribution is 2.31. The van der Waals surface area contributed by atoms with Crippen molar-refractivity contribution in [2.75, 3.05) is 62.5 Å². The van der Waals surface area contributed by atoms with E-state index in [1.807, 2.05) is 13.8 Å². The van der Waals surface area contributed by atoms with Crippen LogP contribution in [0.5, 0.6) is 5.75 Å². The second kappa shape index (κ2) is 16.0. The maximum absolute atomic E-state index is 13.2. The highest BCUT2D eigenvalue weighted by Gasteiger charge is 2.38. The lowest BCUT2D eigenvalue weighted by atomic mass is 10.1. The Morgan fingerprint density at radius 1 is 1.07 bits per heavy atom. The minimum absolute atomic E-state index is 0.0821. The average molecular weight is 632 g/mol. The molecule has 3 rings (SSSR count). The lowest BCUT2D eigenvalue weighted by Crippen LogP contribution is -2.44. The Morgan fingerprint density at radius 3 is 2.21 bits per heavy atom. The second-order valence-electron chi connectivity index (χ2n) is 9.29. The van der Waals surface area contributed by atoms with Gasteiger partial charge in [0.25, 0.3) is 15.9 Å². The number of alkyl halides is 3. The summed E-state index contributed by atoms with van der Waals surface area (Å²) in [6, 6.07) is 11.1. The lowest BCUT2D eigenvalue weighted by molar-refractivity contribution is -0.192. The molecule has 0 radical (unpaired) electrons. The van der Waals surface area contributed by atoms with Crippen molar-refractivity contribution < 1.29 is 45.8 Å². The molecule has 43 heavy (non-hydrogen) atoms. The molecule has 0 spiro atoms. The van der Waals surface area contributed by atoms with E-state index in [9.17, 15) is 31.2 Å².